The van der Waals surface area contributed by atoms with E-state index in [0.29, 0.717) is 18.0 Å². The molecule has 1 unspecified atom stereocenters. The number of aromatic nitrogens is 1. The van der Waals surface area contributed by atoms with Gasteiger partial charge >= 0.3 is 0 Å². The molecule has 1 atom stereocenters. The zero-order chi connectivity index (χ0) is 17.0. The van der Waals surface area contributed by atoms with Gasteiger partial charge in [0.05, 0.1) is 0 Å². The number of nitrogens with zero attached hydrogens (tertiary/aromatic N) is 1. The number of hydrogen-bond donors (Lipinski definition) is 1. The molecule has 2 aliphatic rings. The van der Waals surface area contributed by atoms with E-state index >= 15 is 0 Å². The number of carbonyl (C=O) groups is 1. The number of amides is 1. The number of para-hydroxylation sites is 1. The number of rotatable bonds is 1. The fourth-order valence-corrected chi connectivity index (χ4v) is 4.11. The molecule has 0 saturated heterocycles. The summed E-state index contributed by atoms with van der Waals surface area (Å²) in [5.74, 6) is 0.829. The summed E-state index contributed by atoms with van der Waals surface area (Å²) in [7, 11) is 0. The van der Waals surface area contributed by atoms with Crippen LogP contribution < -0.4 is 4.74 Å². The Kier molecular flexibility index (Phi) is 3.28. The van der Waals surface area contributed by atoms with Gasteiger partial charge in [0, 0.05) is 53.1 Å². The zero-order valence-electron chi connectivity index (χ0n) is 13.6. The second-order valence-electron chi connectivity index (χ2n) is 6.70. The summed E-state index contributed by atoms with van der Waals surface area (Å²) in [5.41, 5.74) is 4.62. The maximum atomic E-state index is 13.0. The van der Waals surface area contributed by atoms with E-state index in [4.69, 9.17) is 16.3 Å². The van der Waals surface area contributed by atoms with Crippen molar-refractivity contribution in [2.24, 2.45) is 0 Å². The molecule has 3 heterocycles. The van der Waals surface area contributed by atoms with Crippen LogP contribution in [0, 0.1) is 0 Å². The van der Waals surface area contributed by atoms with Gasteiger partial charge in [0.2, 0.25) is 0 Å². The number of nitrogens with one attached hydrogen (secondary N) is 1. The van der Waals surface area contributed by atoms with E-state index in [1.54, 1.807) is 6.07 Å². The quantitative estimate of drug-likeness (QED) is 0.725. The second-order valence-corrected chi connectivity index (χ2v) is 7.14. The van der Waals surface area contributed by atoms with Crippen molar-refractivity contribution in [3.8, 4) is 5.75 Å². The van der Waals surface area contributed by atoms with Crippen LogP contribution in [0.4, 0.5) is 0 Å². The van der Waals surface area contributed by atoms with Gasteiger partial charge in [0.25, 0.3) is 5.91 Å². The Morgan fingerprint density at radius 1 is 1.24 bits per heavy atom. The number of carbonyl (C=O) groups excluding carboxylic acids is 1. The first-order valence-electron chi connectivity index (χ1n) is 8.51. The highest BCUT2D eigenvalue weighted by molar-refractivity contribution is 6.30. The number of hydrogen-bond acceptors (Lipinski definition) is 2. The lowest BCUT2D eigenvalue weighted by atomic mass is 10.0. The normalized spacial score (nSPS) is 18.8. The summed E-state index contributed by atoms with van der Waals surface area (Å²) in [6.45, 7) is 1.35. The van der Waals surface area contributed by atoms with Crippen LogP contribution in [0.25, 0.3) is 10.9 Å². The van der Waals surface area contributed by atoms with Gasteiger partial charge in [-0.2, -0.15) is 0 Å². The van der Waals surface area contributed by atoms with Crippen LogP contribution in [0.2, 0.25) is 5.02 Å². The first-order chi connectivity index (χ1) is 12.2. The topological polar surface area (TPSA) is 45.3 Å². The Labute approximate surface area is 150 Å². The number of H-pyrrole nitrogens is 1. The number of aromatic amines is 1. The minimum absolute atomic E-state index is 0.0586. The molecule has 0 bridgehead atoms. The molecule has 0 aliphatic carbocycles. The number of halogens is 1. The summed E-state index contributed by atoms with van der Waals surface area (Å²) >= 11 is 6.04. The second kappa shape index (κ2) is 5.53. The Morgan fingerprint density at radius 2 is 2.12 bits per heavy atom. The highest BCUT2D eigenvalue weighted by Gasteiger charge is 2.34. The van der Waals surface area contributed by atoms with Crippen molar-refractivity contribution in [3.63, 3.8) is 0 Å². The highest BCUT2D eigenvalue weighted by atomic mass is 35.5. The molecule has 1 aromatic heterocycles. The smallest absolute Gasteiger partial charge is 0.264 e. The van der Waals surface area contributed by atoms with Crippen LogP contribution in [0.15, 0.2) is 42.5 Å². The van der Waals surface area contributed by atoms with Gasteiger partial charge in [-0.3, -0.25) is 4.79 Å². The summed E-state index contributed by atoms with van der Waals surface area (Å²) in [4.78, 5) is 18.4. The van der Waals surface area contributed by atoms with Crippen LogP contribution in [0.3, 0.4) is 0 Å². The first-order valence-corrected chi connectivity index (χ1v) is 8.89. The van der Waals surface area contributed by atoms with Gasteiger partial charge < -0.3 is 14.6 Å². The lowest BCUT2D eigenvalue weighted by Gasteiger charge is -2.29. The predicted octanol–water partition coefficient (Wildman–Crippen LogP) is 3.71. The molecular weight excluding hydrogens is 336 g/mol. The monoisotopic (exact) mass is 352 g/mol. The van der Waals surface area contributed by atoms with Crippen molar-refractivity contribution in [3.05, 3.63) is 64.3 Å². The molecule has 1 N–H and O–H groups in total. The molecule has 0 fully saturated rings. The van der Waals surface area contributed by atoms with E-state index in [-0.39, 0.29) is 5.91 Å². The third-order valence-corrected chi connectivity index (χ3v) is 5.40. The molecule has 2 aliphatic heterocycles. The third kappa shape index (κ3) is 2.40. The van der Waals surface area contributed by atoms with Crippen LogP contribution in [-0.2, 0) is 24.2 Å². The van der Waals surface area contributed by atoms with E-state index in [1.807, 2.05) is 29.2 Å². The number of ether oxygens (including phenoxy) is 1. The molecule has 5 rings (SSSR count). The fourth-order valence-electron chi connectivity index (χ4n) is 3.91. The van der Waals surface area contributed by atoms with Crippen molar-refractivity contribution in [2.45, 2.75) is 25.5 Å². The Morgan fingerprint density at radius 3 is 3.04 bits per heavy atom. The van der Waals surface area contributed by atoms with E-state index in [2.05, 4.69) is 17.1 Å². The lowest BCUT2D eigenvalue weighted by molar-refractivity contribution is -0.138. The molecule has 25 heavy (non-hydrogen) atoms. The summed E-state index contributed by atoms with van der Waals surface area (Å²) in [6, 6.07) is 13.8. The SMILES string of the molecule is O=C(C1Cc2cc(Cl)ccc2O1)N1CCc2[nH]c3ccccc3c2C1. The summed E-state index contributed by atoms with van der Waals surface area (Å²) in [5, 5.41) is 1.88. The van der Waals surface area contributed by atoms with Gasteiger partial charge in [0.1, 0.15) is 5.75 Å². The molecule has 0 saturated carbocycles. The number of benzene rings is 2. The van der Waals surface area contributed by atoms with Crippen LogP contribution >= 0.6 is 11.6 Å². The zero-order valence-corrected chi connectivity index (χ0v) is 14.3. The predicted molar refractivity (Wildman–Crippen MR) is 97.0 cm³/mol. The maximum Gasteiger partial charge on any atom is 0.264 e. The molecule has 2 aromatic carbocycles. The average Bonchev–Trinajstić information content (AvgIpc) is 3.21. The van der Waals surface area contributed by atoms with Crippen molar-refractivity contribution in [1.29, 1.82) is 0 Å². The summed E-state index contributed by atoms with van der Waals surface area (Å²) in [6.07, 6.45) is 0.993. The summed E-state index contributed by atoms with van der Waals surface area (Å²) < 4.78 is 5.88. The van der Waals surface area contributed by atoms with E-state index in [9.17, 15) is 4.79 Å². The van der Waals surface area contributed by atoms with E-state index in [1.165, 1.54) is 16.6 Å². The molecule has 3 aromatic rings. The van der Waals surface area contributed by atoms with Crippen molar-refractivity contribution in [2.75, 3.05) is 6.54 Å². The van der Waals surface area contributed by atoms with Crippen molar-refractivity contribution in [1.82, 2.24) is 9.88 Å². The van der Waals surface area contributed by atoms with Crippen LogP contribution in [0.1, 0.15) is 16.8 Å². The molecule has 126 valence electrons. The molecule has 5 heteroatoms. The van der Waals surface area contributed by atoms with Crippen LogP contribution in [-0.4, -0.2) is 28.4 Å². The Bertz CT molecular complexity index is 995. The van der Waals surface area contributed by atoms with Crippen molar-refractivity contribution >= 4 is 28.4 Å². The third-order valence-electron chi connectivity index (χ3n) is 5.17. The minimum Gasteiger partial charge on any atom is -0.480 e. The standard InChI is InChI=1S/C20H17ClN2O2/c21-13-5-6-18-12(9-13)10-19(25-18)20(24)23-8-7-17-15(11-23)14-3-1-2-4-16(14)22-17/h1-6,9,19,22H,7-8,10-11H2. The average molecular weight is 353 g/mol. The van der Waals surface area contributed by atoms with E-state index < -0.39 is 6.10 Å². The largest absolute Gasteiger partial charge is 0.480 e. The molecule has 4 nitrogen and oxygen atoms in total. The van der Waals surface area contributed by atoms with Crippen LogP contribution in [0.5, 0.6) is 5.75 Å². The first kappa shape index (κ1) is 14.8. The molecule has 0 radical (unpaired) electrons. The van der Waals surface area contributed by atoms with Gasteiger partial charge in [-0.05, 0) is 29.8 Å². The number of fused-ring (bicyclic) bond motifs is 4. The Balaban J connectivity index is 1.39. The highest BCUT2D eigenvalue weighted by Crippen LogP contribution is 2.33. The van der Waals surface area contributed by atoms with E-state index in [0.717, 1.165) is 29.8 Å². The fraction of sp³-hybridized carbons (Fsp3) is 0.250. The minimum atomic E-state index is -0.444. The Hall–Kier alpha value is -2.46. The molecular formula is C20H17ClN2O2. The molecule has 0 spiro atoms. The molecule has 1 amide bonds. The maximum absolute atomic E-state index is 13.0. The van der Waals surface area contributed by atoms with Gasteiger partial charge in [-0.25, -0.2) is 0 Å². The van der Waals surface area contributed by atoms with Gasteiger partial charge in [0.15, 0.2) is 6.10 Å². The lowest BCUT2D eigenvalue weighted by Crippen LogP contribution is -2.43. The van der Waals surface area contributed by atoms with Gasteiger partial charge in [-0.15, -0.1) is 0 Å². The van der Waals surface area contributed by atoms with Crippen molar-refractivity contribution < 1.29 is 9.53 Å². The van der Waals surface area contributed by atoms with Gasteiger partial charge in [-0.1, -0.05) is 29.8 Å².